The highest BCUT2D eigenvalue weighted by Crippen LogP contribution is 2.49. The van der Waals surface area contributed by atoms with E-state index in [0.717, 1.165) is 21.7 Å². The number of nitrogen functional groups attached to an aromatic ring is 5. The van der Waals surface area contributed by atoms with E-state index in [1.807, 2.05) is 5.92 Å². The summed E-state index contributed by atoms with van der Waals surface area (Å²) in [6.07, 6.45) is -18.2. The van der Waals surface area contributed by atoms with Crippen LogP contribution in [0.4, 0.5) is 56.1 Å². The number of hydrogen-bond acceptors (Lipinski definition) is 33. The summed E-state index contributed by atoms with van der Waals surface area (Å²) in [5.41, 5.74) is 26.2. The zero-order valence-electron chi connectivity index (χ0n) is 69.7. The molecule has 41 nitrogen and oxygen atoms in total. The molecule has 5 unspecified atom stereocenters. The summed E-state index contributed by atoms with van der Waals surface area (Å²) in [6, 6.07) is 1.39. The standard InChI is InChI=1S/C14H13ClF2N4O4.C14H14ClFN4O4.C13H13ClFN5O4.C13H13ClFN5O3S.C13H13ClFN5O3/c15-14(2-1-3-16)9(23)7(5-22)25-12(14)21-4-6(17)8-10(21)19-13(18)20-11(8)24;15-14(3-1-4-16)9(22)8(6-21)24-12(14)20-5-2-7-10(20)18-13(17)19-11(7)23;14-13(2-1-3-15)8(22)6(4-21)24-11(13)20-5-17-7-9(20)18-12(16)19-10(7)23;14-13(2-1-3-15)8(22)6(4-21)23-11(13)20-5-17-7-9(20)18-12(16)19-10(7)24;14-13(2-1-3-15)9(22)8(5-21)23-11(13)20-6-18-7-4-17-12(16)19-10(7)20/h4,7,9,12,22-23H,3,5H2,(H3,18,19,20,24);2,5,8-9,12,21-22H,4,6H2,(H3,17,18,19,23);5-6,8,11,21-22H,3-4H2,(H3,16,18,19,23);5-6,8,11,21-22H,3-4H2,(H3,16,18,19,24);4,6,8-9,11,21-22H,3,5H2,(H2,16,17,19)/t7-,9+,12-,14?;8-,9+,12-,14?;2*6-,8+,11-,13?;8-,9+,11-,13?/m11111/s1/i5D2;6D2;2*4D2;5D2. The third-order valence-corrected chi connectivity index (χ3v) is 20.7. The van der Waals surface area contributed by atoms with Crippen LogP contribution in [0.5, 0.6) is 0 Å². The van der Waals surface area contributed by atoms with E-state index in [2.05, 4.69) is 118 Å². The fourth-order valence-corrected chi connectivity index (χ4v) is 14.5. The predicted octanol–water partition coefficient (Wildman–Crippen LogP) is -2.06. The lowest BCUT2D eigenvalue weighted by atomic mass is 9.99. The number of aromatic amines is 4. The van der Waals surface area contributed by atoms with Gasteiger partial charge >= 0.3 is 0 Å². The molecule has 53 heteroatoms. The Kier molecular flexibility index (Phi) is 23.8. The highest BCUT2D eigenvalue weighted by atomic mass is 35.5. The molecule has 0 radical (unpaired) electrons. The summed E-state index contributed by atoms with van der Waals surface area (Å²) in [6.45, 7) is -20.2. The second-order valence-electron chi connectivity index (χ2n) is 25.0. The number of anilines is 5. The molecular weight excluding hydrogens is 1740 g/mol. The number of nitrogens with two attached hydrogens (primary N) is 5. The van der Waals surface area contributed by atoms with Crippen LogP contribution in [0.1, 0.15) is 44.8 Å². The van der Waals surface area contributed by atoms with Crippen LogP contribution in [0, 0.1) is 69.7 Å². The maximum atomic E-state index is 14.3. The Morgan fingerprint density at radius 2 is 0.817 bits per heavy atom. The molecular formula is C67H66Cl5F6N23O18S. The fraction of sp³-hybridized carbons (Fsp3) is 0.448. The van der Waals surface area contributed by atoms with Gasteiger partial charge in [-0.05, 0) is 6.07 Å². The minimum atomic E-state index is -3.06. The molecule has 5 saturated heterocycles. The van der Waals surface area contributed by atoms with E-state index in [0.29, 0.717) is 5.52 Å². The molecule has 5 aliphatic heterocycles. The molecule has 640 valence electrons. The van der Waals surface area contributed by atoms with Crippen molar-refractivity contribution in [2.75, 3.05) is 94.8 Å². The van der Waals surface area contributed by atoms with Gasteiger partial charge in [-0.2, -0.15) is 19.9 Å². The molecule has 24 N–H and O–H groups in total. The van der Waals surface area contributed by atoms with E-state index >= 15 is 0 Å². The van der Waals surface area contributed by atoms with E-state index < -0.39 is 211 Å². The van der Waals surface area contributed by atoms with E-state index in [9.17, 15) is 91.8 Å². The third kappa shape index (κ3) is 16.9. The number of ether oxygens (including phenoxy) is 5. The molecule has 10 aromatic rings. The number of hydrogen-bond donors (Lipinski definition) is 19. The number of nitrogens with zero attached hydrogens (tertiary/aromatic N) is 14. The van der Waals surface area contributed by atoms with Crippen LogP contribution in [-0.4, -0.2) is 290 Å². The molecule has 15 rings (SSSR count). The predicted molar refractivity (Wildman–Crippen MR) is 416 cm³/mol. The molecule has 0 bridgehead atoms. The average molecular weight is 1810 g/mol. The summed E-state index contributed by atoms with van der Waals surface area (Å²) in [5.74, 6) is 20.0. The van der Waals surface area contributed by atoms with Gasteiger partial charge in [0, 0.05) is 12.4 Å². The van der Waals surface area contributed by atoms with E-state index in [4.69, 9.17) is 136 Å². The summed E-state index contributed by atoms with van der Waals surface area (Å²) in [5, 5.41) is 99.8. The summed E-state index contributed by atoms with van der Waals surface area (Å²) in [7, 11) is 0. The summed E-state index contributed by atoms with van der Waals surface area (Å²) < 4.78 is 184. The van der Waals surface area contributed by atoms with Gasteiger partial charge < -0.3 is 113 Å². The van der Waals surface area contributed by atoms with Crippen LogP contribution in [0.25, 0.3) is 55.6 Å². The Labute approximate surface area is 710 Å². The zero-order chi connectivity index (χ0) is 96.4. The number of rotatable bonds is 10. The smallest absolute Gasteiger partial charge is 0.280 e. The molecule has 0 spiro atoms. The molecule has 5 aliphatic rings. The highest BCUT2D eigenvalue weighted by Gasteiger charge is 2.61. The lowest BCUT2D eigenvalue weighted by molar-refractivity contribution is -0.0436. The second-order valence-corrected chi connectivity index (χ2v) is 28.5. The van der Waals surface area contributed by atoms with Crippen LogP contribution in [0.2, 0.25) is 0 Å². The van der Waals surface area contributed by atoms with Gasteiger partial charge in [-0.15, -0.1) is 0 Å². The van der Waals surface area contributed by atoms with Crippen molar-refractivity contribution in [3.63, 3.8) is 0 Å². The van der Waals surface area contributed by atoms with Crippen LogP contribution in [0.15, 0.2) is 58.0 Å². The van der Waals surface area contributed by atoms with Crippen molar-refractivity contribution in [3.05, 3.63) is 85.2 Å². The van der Waals surface area contributed by atoms with Gasteiger partial charge in [0.05, 0.1) is 77.1 Å². The topological polar surface area (TPSA) is 634 Å². The minimum absolute atomic E-state index is 0.0214. The van der Waals surface area contributed by atoms with Crippen LogP contribution >= 0.6 is 70.2 Å². The van der Waals surface area contributed by atoms with Crippen molar-refractivity contribution >= 4 is 156 Å². The second kappa shape index (κ2) is 37.0. The first-order valence-electron chi connectivity index (χ1n) is 38.3. The van der Waals surface area contributed by atoms with Crippen molar-refractivity contribution in [2.24, 2.45) is 0 Å². The summed E-state index contributed by atoms with van der Waals surface area (Å²) >= 11 is 36.9. The fourth-order valence-electron chi connectivity index (χ4n) is 12.6. The molecule has 15 heterocycles. The average Bonchev–Trinajstić information content (AvgIpc) is 1.59. The molecule has 120 heavy (non-hydrogen) atoms. The van der Waals surface area contributed by atoms with Crippen molar-refractivity contribution in [3.8, 4) is 59.2 Å². The zero-order valence-corrected chi connectivity index (χ0v) is 64.3. The Balaban J connectivity index is 0.000000157. The number of halogens is 11. The molecule has 5 fully saturated rings. The van der Waals surface area contributed by atoms with Gasteiger partial charge in [-0.3, -0.25) is 47.6 Å². The van der Waals surface area contributed by atoms with E-state index in [1.54, 1.807) is 0 Å². The van der Waals surface area contributed by atoms with Crippen molar-refractivity contribution in [1.29, 1.82) is 0 Å². The van der Waals surface area contributed by atoms with Crippen LogP contribution in [0.3, 0.4) is 0 Å². The third-order valence-electron chi connectivity index (χ3n) is 17.9. The van der Waals surface area contributed by atoms with Gasteiger partial charge in [0.15, 0.2) is 100 Å². The Bertz CT molecular complexity index is 6210. The number of aliphatic hydroxyl groups is 10. The van der Waals surface area contributed by atoms with E-state index in [-0.39, 0.29) is 79.0 Å². The first-order chi connectivity index (χ1) is 60.5. The Hall–Kier alpha value is -10.3. The Morgan fingerprint density at radius 3 is 1.26 bits per heavy atom. The first-order valence-corrected chi connectivity index (χ1v) is 35.6. The molecule has 0 aromatic carbocycles. The number of aromatic nitrogens is 18. The number of fused-ring (bicyclic) bond motifs is 5. The number of nitrogens with one attached hydrogen (secondary N) is 4. The van der Waals surface area contributed by atoms with Gasteiger partial charge in [-0.25, -0.2) is 51.3 Å². The maximum absolute atomic E-state index is 14.3. The van der Waals surface area contributed by atoms with Gasteiger partial charge in [-0.1, -0.05) is 129 Å². The normalized spacial score (nSPS) is 31.4. The minimum Gasteiger partial charge on any atom is -0.394 e. The molecule has 0 saturated carbocycles. The lowest BCUT2D eigenvalue weighted by Gasteiger charge is -2.25. The van der Waals surface area contributed by atoms with Gasteiger partial charge in [0.1, 0.15) is 116 Å². The number of imidazole rings is 3. The molecule has 0 aliphatic carbocycles. The van der Waals surface area contributed by atoms with E-state index in [1.165, 1.54) is 44.8 Å². The van der Waals surface area contributed by atoms with Crippen molar-refractivity contribution in [1.82, 2.24) is 87.6 Å². The van der Waals surface area contributed by atoms with Crippen molar-refractivity contribution < 1.29 is 115 Å². The molecule has 20 atom stereocenters. The molecule has 10 aromatic heterocycles. The van der Waals surface area contributed by atoms with Crippen LogP contribution in [-0.2, 0) is 23.7 Å². The highest BCUT2D eigenvalue weighted by molar-refractivity contribution is 7.71. The lowest BCUT2D eigenvalue weighted by Crippen LogP contribution is -2.41. The van der Waals surface area contributed by atoms with Gasteiger partial charge in [0.25, 0.3) is 16.7 Å². The van der Waals surface area contributed by atoms with Crippen LogP contribution < -0.4 is 45.3 Å². The number of alkyl halides is 10. The Morgan fingerprint density at radius 1 is 0.458 bits per heavy atom. The largest absolute Gasteiger partial charge is 0.394 e. The maximum Gasteiger partial charge on any atom is 0.280 e. The SMILES string of the molecule is [2H]C([2H])(O)[C@H]1O[C@@H](n2cc(F)c3c(=O)[nH]c(N)nc32)C(Cl)(C#CCF)[C@H]1O.[2H]C([2H])(O)[C@H]1O[C@@H](n2ccc3c(=O)[nH]c(N)nc32)C(Cl)(C#CCF)[C@H]1O.[2H]C([2H])(O)[C@H]1O[C@@H](n2cnc3c(=O)[nH]c(N)nc32)C(Cl)(C#CCF)[C@H]1O.[2H]C([2H])(O)[C@H]1O[C@@H](n2cnc3c(=S)nc(N)[nH]c32)C(Cl)(C#CCF)[C@H]1O.[2H]C([2H])(O)[C@H]1O[C@@H](n2cnc3cnc(N)nc32)C(Cl)(C#CCF)[C@H]1O. The summed E-state index contributed by atoms with van der Waals surface area (Å²) in [4.78, 5) is 70.3. The monoisotopic (exact) mass is 1810 g/mol. The molecule has 0 amide bonds. The first kappa shape index (κ1) is 77.1. The quantitative estimate of drug-likeness (QED) is 0.0303. The number of aliphatic hydroxyl groups excluding tert-OH is 5. The number of H-pyrrole nitrogens is 4. The van der Waals surface area contributed by atoms with Crippen molar-refractivity contribution in [2.45, 2.75) is 117 Å². The van der Waals surface area contributed by atoms with Gasteiger partial charge in [0.2, 0.25) is 23.8 Å².